The molecule has 1 atom stereocenters. The Kier molecular flexibility index (Phi) is 7.74. The van der Waals surface area contributed by atoms with E-state index in [9.17, 15) is 4.79 Å². The standard InChI is InChI=1S/C25H25NO.ClH/c1-4-18-26(3)19(2)20-10-12-21(13-11-20)22-14-16-24(17-15-22)25(27)23-8-6-5-7-9-23;/h4-17,19H,1,18H2,2-3H3;1H. The number of nitrogens with zero attached hydrogens (tertiary/aromatic N) is 1. The number of ketones is 1. The first kappa shape index (κ1) is 21.6. The van der Waals surface area contributed by atoms with Gasteiger partial charge < -0.3 is 0 Å². The summed E-state index contributed by atoms with van der Waals surface area (Å²) in [5.41, 5.74) is 4.96. The fraction of sp³-hybridized carbons (Fsp3) is 0.160. The fourth-order valence-corrected chi connectivity index (χ4v) is 3.14. The Labute approximate surface area is 173 Å². The lowest BCUT2D eigenvalue weighted by Gasteiger charge is -2.23. The van der Waals surface area contributed by atoms with Crippen LogP contribution >= 0.6 is 12.4 Å². The van der Waals surface area contributed by atoms with Crippen LogP contribution in [0.1, 0.15) is 34.5 Å². The monoisotopic (exact) mass is 391 g/mol. The SMILES string of the molecule is C=CCN(C)C(C)c1ccc(-c2ccc(C(=O)c3ccccc3)cc2)cc1.Cl. The predicted molar refractivity (Wildman–Crippen MR) is 120 cm³/mol. The molecule has 0 amide bonds. The van der Waals surface area contributed by atoms with Gasteiger partial charge >= 0.3 is 0 Å². The van der Waals surface area contributed by atoms with Crippen molar-refractivity contribution in [3.8, 4) is 11.1 Å². The van der Waals surface area contributed by atoms with Gasteiger partial charge in [0.1, 0.15) is 0 Å². The number of likely N-dealkylation sites (N-methyl/N-ethyl adjacent to an activating group) is 1. The molecule has 0 aliphatic heterocycles. The van der Waals surface area contributed by atoms with Crippen LogP contribution in [0.2, 0.25) is 0 Å². The third kappa shape index (κ3) is 4.98. The largest absolute Gasteiger partial charge is 0.296 e. The molecule has 0 fully saturated rings. The smallest absolute Gasteiger partial charge is 0.193 e. The summed E-state index contributed by atoms with van der Waals surface area (Å²) in [6.07, 6.45) is 1.92. The maximum atomic E-state index is 12.5. The van der Waals surface area contributed by atoms with Crippen molar-refractivity contribution < 1.29 is 4.79 Å². The average molecular weight is 392 g/mol. The van der Waals surface area contributed by atoms with Crippen molar-refractivity contribution in [1.82, 2.24) is 4.90 Å². The summed E-state index contributed by atoms with van der Waals surface area (Å²) in [5.74, 6) is 0.0524. The van der Waals surface area contributed by atoms with E-state index in [0.29, 0.717) is 17.2 Å². The molecule has 144 valence electrons. The lowest BCUT2D eigenvalue weighted by molar-refractivity contribution is 0.103. The van der Waals surface area contributed by atoms with E-state index in [2.05, 4.69) is 49.7 Å². The van der Waals surface area contributed by atoms with Crippen LogP contribution in [0, 0.1) is 0 Å². The Morgan fingerprint density at radius 1 is 0.893 bits per heavy atom. The molecule has 1 unspecified atom stereocenters. The Morgan fingerprint density at radius 2 is 1.39 bits per heavy atom. The highest BCUT2D eigenvalue weighted by atomic mass is 35.5. The molecular formula is C25H26ClNO. The van der Waals surface area contributed by atoms with E-state index in [1.807, 2.05) is 60.7 Å². The zero-order valence-corrected chi connectivity index (χ0v) is 17.2. The van der Waals surface area contributed by atoms with Gasteiger partial charge in [0.25, 0.3) is 0 Å². The van der Waals surface area contributed by atoms with E-state index in [1.54, 1.807) is 0 Å². The summed E-state index contributed by atoms with van der Waals surface area (Å²) in [6.45, 7) is 6.86. The quantitative estimate of drug-likeness (QED) is 0.353. The van der Waals surface area contributed by atoms with Crippen LogP contribution in [0.15, 0.2) is 91.5 Å². The second kappa shape index (κ2) is 10.0. The van der Waals surface area contributed by atoms with Gasteiger partial charge in [0.05, 0.1) is 0 Å². The maximum Gasteiger partial charge on any atom is 0.193 e. The average Bonchev–Trinajstić information content (AvgIpc) is 2.74. The Hall–Kier alpha value is -2.68. The number of carbonyl (C=O) groups is 1. The van der Waals surface area contributed by atoms with Crippen molar-refractivity contribution in [1.29, 1.82) is 0 Å². The van der Waals surface area contributed by atoms with Crippen LogP contribution in [0.4, 0.5) is 0 Å². The molecule has 3 aromatic rings. The summed E-state index contributed by atoms with van der Waals surface area (Å²) in [7, 11) is 2.10. The molecule has 0 heterocycles. The lowest BCUT2D eigenvalue weighted by atomic mass is 9.98. The minimum absolute atomic E-state index is 0. The lowest BCUT2D eigenvalue weighted by Crippen LogP contribution is -2.22. The fourth-order valence-electron chi connectivity index (χ4n) is 3.14. The normalized spacial score (nSPS) is 11.5. The predicted octanol–water partition coefficient (Wildman–Crippen LogP) is 6.19. The summed E-state index contributed by atoms with van der Waals surface area (Å²) in [5, 5.41) is 0. The Bertz CT molecular complexity index is 902. The van der Waals surface area contributed by atoms with Crippen LogP contribution in [0.3, 0.4) is 0 Å². The van der Waals surface area contributed by atoms with Crippen molar-refractivity contribution in [3.05, 3.63) is 108 Å². The van der Waals surface area contributed by atoms with Gasteiger partial charge in [0.15, 0.2) is 5.78 Å². The number of rotatable bonds is 7. The molecule has 0 spiro atoms. The van der Waals surface area contributed by atoms with E-state index < -0.39 is 0 Å². The third-order valence-electron chi connectivity index (χ3n) is 4.99. The highest BCUT2D eigenvalue weighted by Crippen LogP contribution is 2.25. The zero-order chi connectivity index (χ0) is 19.2. The van der Waals surface area contributed by atoms with E-state index in [-0.39, 0.29) is 18.2 Å². The van der Waals surface area contributed by atoms with Gasteiger partial charge in [-0.3, -0.25) is 9.69 Å². The Balaban J connectivity index is 0.00000280. The molecule has 0 aliphatic carbocycles. The van der Waals surface area contributed by atoms with Crippen molar-refractivity contribution in [3.63, 3.8) is 0 Å². The molecule has 0 aliphatic rings. The van der Waals surface area contributed by atoms with Gasteiger partial charge in [0.2, 0.25) is 0 Å². The first-order chi connectivity index (χ1) is 13.1. The highest BCUT2D eigenvalue weighted by molar-refractivity contribution is 6.09. The minimum Gasteiger partial charge on any atom is -0.296 e. The van der Waals surface area contributed by atoms with Crippen LogP contribution < -0.4 is 0 Å². The molecule has 0 aromatic heterocycles. The molecule has 3 rings (SSSR count). The van der Waals surface area contributed by atoms with Gasteiger partial charge in [-0.2, -0.15) is 0 Å². The number of hydrogen-bond donors (Lipinski definition) is 0. The third-order valence-corrected chi connectivity index (χ3v) is 4.99. The van der Waals surface area contributed by atoms with E-state index in [4.69, 9.17) is 0 Å². The van der Waals surface area contributed by atoms with Crippen molar-refractivity contribution in [2.24, 2.45) is 0 Å². The van der Waals surface area contributed by atoms with Crippen LogP contribution in [0.25, 0.3) is 11.1 Å². The van der Waals surface area contributed by atoms with Gasteiger partial charge in [-0.05, 0) is 30.7 Å². The molecule has 0 radical (unpaired) electrons. The molecule has 3 aromatic carbocycles. The molecule has 3 heteroatoms. The summed E-state index contributed by atoms with van der Waals surface area (Å²) >= 11 is 0. The highest BCUT2D eigenvalue weighted by Gasteiger charge is 2.11. The van der Waals surface area contributed by atoms with Gasteiger partial charge in [-0.25, -0.2) is 0 Å². The molecule has 0 bridgehead atoms. The first-order valence-electron chi connectivity index (χ1n) is 9.21. The van der Waals surface area contributed by atoms with Crippen LogP contribution in [-0.2, 0) is 0 Å². The van der Waals surface area contributed by atoms with Gasteiger partial charge in [0, 0.05) is 23.7 Å². The number of hydrogen-bond acceptors (Lipinski definition) is 2. The van der Waals surface area contributed by atoms with Crippen LogP contribution in [0.5, 0.6) is 0 Å². The topological polar surface area (TPSA) is 20.3 Å². The Morgan fingerprint density at radius 3 is 1.93 bits per heavy atom. The second-order valence-electron chi connectivity index (χ2n) is 6.80. The first-order valence-corrected chi connectivity index (χ1v) is 9.21. The molecule has 28 heavy (non-hydrogen) atoms. The minimum atomic E-state index is 0. The van der Waals surface area contributed by atoms with Crippen LogP contribution in [-0.4, -0.2) is 24.3 Å². The molecule has 0 N–H and O–H groups in total. The summed E-state index contributed by atoms with van der Waals surface area (Å²) in [4.78, 5) is 14.8. The van der Waals surface area contributed by atoms with Crippen molar-refractivity contribution >= 4 is 18.2 Å². The van der Waals surface area contributed by atoms with E-state index >= 15 is 0 Å². The maximum absolute atomic E-state index is 12.5. The van der Waals surface area contributed by atoms with Crippen molar-refractivity contribution in [2.75, 3.05) is 13.6 Å². The summed E-state index contributed by atoms with van der Waals surface area (Å²) < 4.78 is 0. The number of benzene rings is 3. The molecule has 2 nitrogen and oxygen atoms in total. The number of carbonyl (C=O) groups excluding carboxylic acids is 1. The van der Waals surface area contributed by atoms with E-state index in [1.165, 1.54) is 5.56 Å². The molecular weight excluding hydrogens is 366 g/mol. The van der Waals surface area contributed by atoms with E-state index in [0.717, 1.165) is 17.7 Å². The zero-order valence-electron chi connectivity index (χ0n) is 16.3. The van der Waals surface area contributed by atoms with Gasteiger partial charge in [-0.15, -0.1) is 19.0 Å². The number of halogens is 1. The second-order valence-corrected chi connectivity index (χ2v) is 6.80. The van der Waals surface area contributed by atoms with Gasteiger partial charge in [-0.1, -0.05) is 84.9 Å². The van der Waals surface area contributed by atoms with Crippen molar-refractivity contribution in [2.45, 2.75) is 13.0 Å². The molecule has 0 saturated heterocycles. The molecule has 0 saturated carbocycles. The summed E-state index contributed by atoms with van der Waals surface area (Å²) in [6, 6.07) is 26.2.